The second-order valence-corrected chi connectivity index (χ2v) is 11.0. The zero-order valence-corrected chi connectivity index (χ0v) is 19.5. The summed E-state index contributed by atoms with van der Waals surface area (Å²) in [7, 11) is -3.63. The van der Waals surface area contributed by atoms with E-state index < -0.39 is 10.0 Å². The first-order chi connectivity index (χ1) is 14.4. The van der Waals surface area contributed by atoms with E-state index in [1.807, 2.05) is 24.3 Å². The minimum atomic E-state index is -3.63. The van der Waals surface area contributed by atoms with Gasteiger partial charge in [-0.05, 0) is 48.7 Å². The number of carbonyl (C=O) groups is 1. The maximum absolute atomic E-state index is 12.9. The maximum atomic E-state index is 12.9. The first kappa shape index (κ1) is 23.4. The van der Waals surface area contributed by atoms with E-state index in [0.717, 1.165) is 22.1 Å². The lowest BCUT2D eigenvalue weighted by molar-refractivity contribution is -0.125. The molecule has 30 heavy (non-hydrogen) atoms. The van der Waals surface area contributed by atoms with Crippen LogP contribution in [0.25, 0.3) is 0 Å². The Labute approximate surface area is 192 Å². The minimum absolute atomic E-state index is 0.0932. The fourth-order valence-electron chi connectivity index (χ4n) is 3.32. The number of piperidine rings is 1. The van der Waals surface area contributed by atoms with Gasteiger partial charge in [0.15, 0.2) is 0 Å². The lowest BCUT2D eigenvalue weighted by Crippen LogP contribution is -2.45. The number of thioether (sulfide) groups is 1. The highest BCUT2D eigenvalue weighted by atomic mass is 35.5. The van der Waals surface area contributed by atoms with Gasteiger partial charge >= 0.3 is 0 Å². The number of halogens is 2. The van der Waals surface area contributed by atoms with Crippen molar-refractivity contribution in [3.63, 3.8) is 0 Å². The number of amides is 1. The van der Waals surface area contributed by atoms with Crippen LogP contribution in [0.5, 0.6) is 0 Å². The molecule has 1 N–H and O–H groups in total. The molecule has 1 unspecified atom stereocenters. The Hall–Kier alpha value is -1.25. The molecule has 0 aromatic heterocycles. The molecule has 0 bridgehead atoms. The molecule has 9 heteroatoms. The molecule has 1 fully saturated rings. The summed E-state index contributed by atoms with van der Waals surface area (Å²) < 4.78 is 27.1. The Morgan fingerprint density at radius 2 is 1.87 bits per heavy atom. The molecule has 1 aliphatic rings. The van der Waals surface area contributed by atoms with Gasteiger partial charge < -0.3 is 5.32 Å². The van der Waals surface area contributed by atoms with Crippen LogP contribution < -0.4 is 5.32 Å². The smallest absolute Gasteiger partial charge is 0.243 e. The molecule has 0 radical (unpaired) electrons. The summed E-state index contributed by atoms with van der Waals surface area (Å²) in [6.07, 6.45) is 1.34. The molecular weight excluding hydrogens is 463 g/mol. The van der Waals surface area contributed by atoms with Gasteiger partial charge in [-0.3, -0.25) is 4.79 Å². The second kappa shape index (κ2) is 10.9. The molecule has 162 valence electrons. The summed E-state index contributed by atoms with van der Waals surface area (Å²) in [4.78, 5) is 12.8. The Morgan fingerprint density at radius 1 is 1.13 bits per heavy atom. The molecule has 0 spiro atoms. The van der Waals surface area contributed by atoms with Gasteiger partial charge in [-0.1, -0.05) is 41.4 Å². The van der Waals surface area contributed by atoms with Crippen LogP contribution in [0.3, 0.4) is 0 Å². The lowest BCUT2D eigenvalue weighted by Gasteiger charge is -2.31. The van der Waals surface area contributed by atoms with E-state index in [1.165, 1.54) is 16.4 Å². The highest BCUT2D eigenvalue weighted by Gasteiger charge is 2.33. The fraction of sp³-hybridized carbons (Fsp3) is 0.381. The molecule has 2 aromatic carbocycles. The minimum Gasteiger partial charge on any atom is -0.355 e. The molecular formula is C21H24Cl2N2O3S2. The quantitative estimate of drug-likeness (QED) is 0.559. The normalized spacial score (nSPS) is 17.6. The van der Waals surface area contributed by atoms with E-state index in [4.69, 9.17) is 23.2 Å². The van der Waals surface area contributed by atoms with Gasteiger partial charge in [-0.25, -0.2) is 8.42 Å². The van der Waals surface area contributed by atoms with Gasteiger partial charge in [-0.2, -0.15) is 16.1 Å². The van der Waals surface area contributed by atoms with Crippen molar-refractivity contribution in [2.45, 2.75) is 23.5 Å². The first-order valence-electron chi connectivity index (χ1n) is 9.72. The summed E-state index contributed by atoms with van der Waals surface area (Å²) in [6.45, 7) is 1.15. The lowest BCUT2D eigenvalue weighted by atomic mass is 9.99. The SMILES string of the molecule is O=C(NCCSCc1ccccc1Cl)C1CCCN(S(=O)(=O)c2ccc(Cl)cc2)C1. The largest absolute Gasteiger partial charge is 0.355 e. The molecule has 1 heterocycles. The average Bonchev–Trinajstić information content (AvgIpc) is 2.75. The molecule has 2 aromatic rings. The Morgan fingerprint density at radius 3 is 2.60 bits per heavy atom. The zero-order chi connectivity index (χ0) is 21.6. The third kappa shape index (κ3) is 6.14. The second-order valence-electron chi connectivity index (χ2n) is 7.09. The number of hydrogen-bond acceptors (Lipinski definition) is 4. The molecule has 0 aliphatic carbocycles. The number of sulfonamides is 1. The third-order valence-electron chi connectivity index (χ3n) is 4.97. The van der Waals surface area contributed by atoms with Crippen LogP contribution >= 0.6 is 35.0 Å². The van der Waals surface area contributed by atoms with Gasteiger partial charge in [0, 0.05) is 41.2 Å². The summed E-state index contributed by atoms with van der Waals surface area (Å²) in [5, 5.41) is 4.17. The predicted octanol–water partition coefficient (Wildman–Crippen LogP) is 4.44. The van der Waals surface area contributed by atoms with Crippen LogP contribution in [0.4, 0.5) is 0 Å². The fourth-order valence-corrected chi connectivity index (χ4v) is 6.11. The maximum Gasteiger partial charge on any atom is 0.243 e. The Balaban J connectivity index is 1.47. The number of nitrogens with zero attached hydrogens (tertiary/aromatic N) is 1. The van der Waals surface area contributed by atoms with Gasteiger partial charge in [0.1, 0.15) is 0 Å². The van der Waals surface area contributed by atoms with Crippen molar-refractivity contribution in [2.75, 3.05) is 25.4 Å². The van der Waals surface area contributed by atoms with Gasteiger partial charge in [0.25, 0.3) is 0 Å². The summed E-state index contributed by atoms with van der Waals surface area (Å²) in [5.41, 5.74) is 1.07. The highest BCUT2D eigenvalue weighted by Crippen LogP contribution is 2.25. The molecule has 1 atom stereocenters. The van der Waals surface area contributed by atoms with Crippen molar-refractivity contribution in [3.05, 3.63) is 64.1 Å². The number of benzene rings is 2. The van der Waals surface area contributed by atoms with E-state index in [1.54, 1.807) is 23.9 Å². The molecule has 1 saturated heterocycles. The molecule has 1 aliphatic heterocycles. The van der Waals surface area contributed by atoms with Gasteiger partial charge in [0.2, 0.25) is 15.9 Å². The van der Waals surface area contributed by atoms with Crippen LogP contribution in [0, 0.1) is 5.92 Å². The van der Waals surface area contributed by atoms with Crippen LogP contribution in [0.2, 0.25) is 10.0 Å². The van der Waals surface area contributed by atoms with Crippen molar-refractivity contribution in [2.24, 2.45) is 5.92 Å². The van der Waals surface area contributed by atoms with Crippen LogP contribution in [0.1, 0.15) is 18.4 Å². The van der Waals surface area contributed by atoms with E-state index >= 15 is 0 Å². The van der Waals surface area contributed by atoms with Crippen molar-refractivity contribution in [1.29, 1.82) is 0 Å². The van der Waals surface area contributed by atoms with Crippen molar-refractivity contribution in [1.82, 2.24) is 9.62 Å². The number of rotatable bonds is 8. The Bertz CT molecular complexity index is 968. The van der Waals surface area contributed by atoms with Crippen LogP contribution in [-0.2, 0) is 20.6 Å². The van der Waals surface area contributed by atoms with E-state index in [2.05, 4.69) is 5.32 Å². The third-order valence-corrected chi connectivity index (χ3v) is 8.48. The topological polar surface area (TPSA) is 66.5 Å². The van der Waals surface area contributed by atoms with E-state index in [-0.39, 0.29) is 23.3 Å². The highest BCUT2D eigenvalue weighted by molar-refractivity contribution is 7.98. The number of carbonyl (C=O) groups excluding carboxylic acids is 1. The van der Waals surface area contributed by atoms with E-state index in [9.17, 15) is 13.2 Å². The summed E-state index contributed by atoms with van der Waals surface area (Å²) >= 11 is 13.7. The number of nitrogens with one attached hydrogen (secondary N) is 1. The average molecular weight is 487 g/mol. The van der Waals surface area contributed by atoms with Gasteiger partial charge in [-0.15, -0.1) is 0 Å². The van der Waals surface area contributed by atoms with E-state index in [0.29, 0.717) is 31.0 Å². The number of hydrogen-bond donors (Lipinski definition) is 1. The van der Waals surface area contributed by atoms with Crippen LogP contribution in [-0.4, -0.2) is 44.0 Å². The first-order valence-corrected chi connectivity index (χ1v) is 13.1. The Kier molecular flexibility index (Phi) is 8.48. The van der Waals surface area contributed by atoms with Crippen molar-refractivity contribution in [3.8, 4) is 0 Å². The van der Waals surface area contributed by atoms with Gasteiger partial charge in [0.05, 0.1) is 10.8 Å². The summed E-state index contributed by atoms with van der Waals surface area (Å²) in [5.74, 6) is 1.11. The van der Waals surface area contributed by atoms with Crippen LogP contribution in [0.15, 0.2) is 53.4 Å². The van der Waals surface area contributed by atoms with Crippen molar-refractivity contribution >= 4 is 50.9 Å². The molecule has 3 rings (SSSR count). The monoisotopic (exact) mass is 486 g/mol. The molecule has 1 amide bonds. The predicted molar refractivity (Wildman–Crippen MR) is 124 cm³/mol. The standard InChI is InChI=1S/C21H24Cl2N2O3S2/c22-18-7-9-19(10-8-18)30(27,28)25-12-3-5-16(14-25)21(26)24-11-13-29-15-17-4-1-2-6-20(17)23/h1-2,4,6-10,16H,3,5,11-15H2,(H,24,26). The summed E-state index contributed by atoms with van der Waals surface area (Å²) in [6, 6.07) is 13.8. The molecule has 0 saturated carbocycles. The zero-order valence-electron chi connectivity index (χ0n) is 16.4. The molecule has 5 nitrogen and oxygen atoms in total. The van der Waals surface area contributed by atoms with Crippen molar-refractivity contribution < 1.29 is 13.2 Å².